The number of hydrogen-bond donors (Lipinski definition) is 1. The van der Waals surface area contributed by atoms with Crippen molar-refractivity contribution in [3.05, 3.63) is 65.9 Å². The zero-order valence-corrected chi connectivity index (χ0v) is 11.1. The molecule has 3 rings (SSSR count). The molecule has 0 saturated carbocycles. The van der Waals surface area contributed by atoms with Crippen molar-refractivity contribution in [1.29, 1.82) is 0 Å². The molecule has 0 aliphatic heterocycles. The Hall–Kier alpha value is -2.35. The molecule has 0 unspecified atom stereocenters. The molecule has 1 heterocycles. The standard InChI is InChI=1S/C17H16N2/c1-12-8-9-15(13(2)11-12)19-17-7-3-6-16-14(17)5-4-10-18-16/h3-11,19H,1-2H3. The van der Waals surface area contributed by atoms with Crippen molar-refractivity contribution in [3.8, 4) is 0 Å². The molecule has 0 radical (unpaired) electrons. The molecule has 94 valence electrons. The van der Waals surface area contributed by atoms with Gasteiger partial charge in [0.25, 0.3) is 0 Å². The van der Waals surface area contributed by atoms with Crippen LogP contribution in [-0.4, -0.2) is 4.98 Å². The molecule has 0 spiro atoms. The van der Waals surface area contributed by atoms with Gasteiger partial charge in [-0.1, -0.05) is 23.8 Å². The zero-order valence-electron chi connectivity index (χ0n) is 11.1. The average Bonchev–Trinajstić information content (AvgIpc) is 2.42. The number of aryl methyl sites for hydroxylation is 2. The zero-order chi connectivity index (χ0) is 13.2. The van der Waals surface area contributed by atoms with Gasteiger partial charge in [-0.3, -0.25) is 4.98 Å². The lowest BCUT2D eigenvalue weighted by Gasteiger charge is -2.12. The third kappa shape index (κ3) is 2.29. The van der Waals surface area contributed by atoms with Crippen molar-refractivity contribution >= 4 is 22.3 Å². The third-order valence-corrected chi connectivity index (χ3v) is 3.30. The molecule has 1 N–H and O–H groups in total. The van der Waals surface area contributed by atoms with E-state index in [1.165, 1.54) is 11.1 Å². The smallest absolute Gasteiger partial charge is 0.0722 e. The fraction of sp³-hybridized carbons (Fsp3) is 0.118. The number of aromatic nitrogens is 1. The largest absolute Gasteiger partial charge is 0.355 e. The minimum Gasteiger partial charge on any atom is -0.355 e. The molecule has 3 aromatic rings. The van der Waals surface area contributed by atoms with Crippen molar-refractivity contribution in [2.24, 2.45) is 0 Å². The molecule has 0 aliphatic carbocycles. The van der Waals surface area contributed by atoms with Gasteiger partial charge in [0.2, 0.25) is 0 Å². The first-order valence-electron chi connectivity index (χ1n) is 6.42. The van der Waals surface area contributed by atoms with Crippen LogP contribution >= 0.6 is 0 Å². The monoisotopic (exact) mass is 248 g/mol. The minimum absolute atomic E-state index is 1.01. The summed E-state index contributed by atoms with van der Waals surface area (Å²) in [6.45, 7) is 4.23. The van der Waals surface area contributed by atoms with E-state index in [2.05, 4.69) is 54.5 Å². The molecule has 0 fully saturated rings. The van der Waals surface area contributed by atoms with Gasteiger partial charge in [0.05, 0.1) is 5.52 Å². The summed E-state index contributed by atoms with van der Waals surface area (Å²) in [5.41, 5.74) is 5.78. The molecule has 1 aromatic heterocycles. The number of benzene rings is 2. The van der Waals surface area contributed by atoms with Crippen LogP contribution < -0.4 is 5.32 Å². The number of pyridine rings is 1. The molecular formula is C17H16N2. The van der Waals surface area contributed by atoms with Gasteiger partial charge in [0.1, 0.15) is 0 Å². The Balaban J connectivity index is 2.06. The highest BCUT2D eigenvalue weighted by Crippen LogP contribution is 2.27. The third-order valence-electron chi connectivity index (χ3n) is 3.30. The molecule has 2 aromatic carbocycles. The van der Waals surface area contributed by atoms with Crippen molar-refractivity contribution in [2.75, 3.05) is 5.32 Å². The van der Waals surface area contributed by atoms with Crippen LogP contribution in [0.1, 0.15) is 11.1 Å². The number of rotatable bonds is 2. The second-order valence-corrected chi connectivity index (χ2v) is 4.82. The lowest BCUT2D eigenvalue weighted by atomic mass is 10.1. The van der Waals surface area contributed by atoms with Gasteiger partial charge in [-0.15, -0.1) is 0 Å². The van der Waals surface area contributed by atoms with E-state index in [9.17, 15) is 0 Å². The molecule has 2 heteroatoms. The maximum atomic E-state index is 4.38. The molecule has 0 atom stereocenters. The Morgan fingerprint density at radius 2 is 1.79 bits per heavy atom. The summed E-state index contributed by atoms with van der Waals surface area (Å²) < 4.78 is 0. The van der Waals surface area contributed by atoms with Crippen LogP contribution in [-0.2, 0) is 0 Å². The van der Waals surface area contributed by atoms with Crippen molar-refractivity contribution in [2.45, 2.75) is 13.8 Å². The van der Waals surface area contributed by atoms with Gasteiger partial charge >= 0.3 is 0 Å². The topological polar surface area (TPSA) is 24.9 Å². The Labute approximate surface area is 113 Å². The van der Waals surface area contributed by atoms with Gasteiger partial charge in [0, 0.05) is 23.0 Å². The predicted octanol–water partition coefficient (Wildman–Crippen LogP) is 4.60. The van der Waals surface area contributed by atoms with Crippen LogP contribution in [0, 0.1) is 13.8 Å². The van der Waals surface area contributed by atoms with Gasteiger partial charge in [0.15, 0.2) is 0 Å². The van der Waals surface area contributed by atoms with Crippen LogP contribution in [0.2, 0.25) is 0 Å². The highest BCUT2D eigenvalue weighted by atomic mass is 14.9. The van der Waals surface area contributed by atoms with Crippen molar-refractivity contribution < 1.29 is 0 Å². The number of fused-ring (bicyclic) bond motifs is 1. The summed E-state index contributed by atoms with van der Waals surface area (Å²) >= 11 is 0. The molecule has 19 heavy (non-hydrogen) atoms. The summed E-state index contributed by atoms with van der Waals surface area (Å²) in [4.78, 5) is 4.38. The van der Waals surface area contributed by atoms with Crippen LogP contribution in [0.4, 0.5) is 11.4 Å². The maximum Gasteiger partial charge on any atom is 0.0722 e. The van der Waals surface area contributed by atoms with E-state index in [1.54, 1.807) is 0 Å². The molecular weight excluding hydrogens is 232 g/mol. The van der Waals surface area contributed by atoms with Crippen LogP contribution in [0.3, 0.4) is 0 Å². The predicted molar refractivity (Wildman–Crippen MR) is 80.9 cm³/mol. The maximum absolute atomic E-state index is 4.38. The first kappa shape index (κ1) is 11.7. The fourth-order valence-corrected chi connectivity index (χ4v) is 2.31. The van der Waals surface area contributed by atoms with Gasteiger partial charge < -0.3 is 5.32 Å². The highest BCUT2D eigenvalue weighted by molar-refractivity contribution is 5.93. The lowest BCUT2D eigenvalue weighted by Crippen LogP contribution is -1.94. The second kappa shape index (κ2) is 4.73. The molecule has 0 saturated heterocycles. The van der Waals surface area contributed by atoms with E-state index >= 15 is 0 Å². The summed E-state index contributed by atoms with van der Waals surface area (Å²) in [6, 6.07) is 16.6. The van der Waals surface area contributed by atoms with E-state index in [1.807, 2.05) is 24.4 Å². The molecule has 0 amide bonds. The fourth-order valence-electron chi connectivity index (χ4n) is 2.31. The van der Waals surface area contributed by atoms with E-state index in [0.29, 0.717) is 0 Å². The second-order valence-electron chi connectivity index (χ2n) is 4.82. The van der Waals surface area contributed by atoms with Crippen LogP contribution in [0.5, 0.6) is 0 Å². The van der Waals surface area contributed by atoms with Gasteiger partial charge in [-0.05, 0) is 49.7 Å². The average molecular weight is 248 g/mol. The Morgan fingerprint density at radius 3 is 2.63 bits per heavy atom. The first-order valence-corrected chi connectivity index (χ1v) is 6.42. The highest BCUT2D eigenvalue weighted by Gasteiger charge is 2.03. The number of hydrogen-bond acceptors (Lipinski definition) is 2. The molecule has 0 aliphatic rings. The summed E-state index contributed by atoms with van der Waals surface area (Å²) in [7, 11) is 0. The van der Waals surface area contributed by atoms with E-state index < -0.39 is 0 Å². The van der Waals surface area contributed by atoms with Crippen LogP contribution in [0.25, 0.3) is 10.9 Å². The van der Waals surface area contributed by atoms with E-state index in [0.717, 1.165) is 22.3 Å². The first-order chi connectivity index (χ1) is 9.24. The van der Waals surface area contributed by atoms with Gasteiger partial charge in [-0.2, -0.15) is 0 Å². The summed E-state index contributed by atoms with van der Waals surface area (Å²) in [5, 5.41) is 4.65. The quantitative estimate of drug-likeness (QED) is 0.717. The SMILES string of the molecule is Cc1ccc(Nc2cccc3ncccc23)c(C)c1. The Bertz CT molecular complexity index is 727. The summed E-state index contributed by atoms with van der Waals surface area (Å²) in [5.74, 6) is 0. The number of nitrogens with zero attached hydrogens (tertiary/aromatic N) is 1. The Kier molecular flexibility index (Phi) is 2.92. The van der Waals surface area contributed by atoms with Crippen molar-refractivity contribution in [3.63, 3.8) is 0 Å². The van der Waals surface area contributed by atoms with Gasteiger partial charge in [-0.25, -0.2) is 0 Å². The lowest BCUT2D eigenvalue weighted by molar-refractivity contribution is 1.37. The van der Waals surface area contributed by atoms with Crippen molar-refractivity contribution in [1.82, 2.24) is 4.98 Å². The minimum atomic E-state index is 1.01. The summed E-state index contributed by atoms with van der Waals surface area (Å²) in [6.07, 6.45) is 1.82. The Morgan fingerprint density at radius 1 is 0.895 bits per heavy atom. The number of anilines is 2. The van der Waals surface area contributed by atoms with E-state index in [-0.39, 0.29) is 0 Å². The number of nitrogens with one attached hydrogen (secondary N) is 1. The normalized spacial score (nSPS) is 10.6. The molecule has 0 bridgehead atoms. The molecule has 2 nitrogen and oxygen atoms in total. The van der Waals surface area contributed by atoms with E-state index in [4.69, 9.17) is 0 Å². The van der Waals surface area contributed by atoms with Crippen LogP contribution in [0.15, 0.2) is 54.7 Å².